The number of aliphatic hydroxyl groups excluding tert-OH is 2. The number of nitrogens with one attached hydrogen (secondary N) is 1. The second-order valence-electron chi connectivity index (χ2n) is 16.5. The Morgan fingerprint density at radius 2 is 0.772 bits per heavy atom. The molecule has 3 N–H and O–H groups in total. The smallest absolute Gasteiger partial charge is 0.220 e. The first-order valence-electron chi connectivity index (χ1n) is 24.7. The molecule has 330 valence electrons. The van der Waals surface area contributed by atoms with Gasteiger partial charge in [-0.1, -0.05) is 241 Å². The van der Waals surface area contributed by atoms with Crippen LogP contribution in [0, 0.1) is 0 Å². The zero-order chi connectivity index (χ0) is 41.4. The number of rotatable bonds is 44. The van der Waals surface area contributed by atoms with E-state index in [1.54, 1.807) is 6.08 Å². The lowest BCUT2D eigenvalue weighted by Crippen LogP contribution is -2.45. The first-order chi connectivity index (χ1) is 28.2. The van der Waals surface area contributed by atoms with Crippen LogP contribution in [0.2, 0.25) is 0 Å². The zero-order valence-electron chi connectivity index (χ0n) is 37.8. The maximum absolute atomic E-state index is 12.4. The van der Waals surface area contributed by atoms with Crippen LogP contribution in [0.15, 0.2) is 72.9 Å². The van der Waals surface area contributed by atoms with Gasteiger partial charge in [-0.2, -0.15) is 0 Å². The van der Waals surface area contributed by atoms with Gasteiger partial charge < -0.3 is 15.5 Å². The van der Waals surface area contributed by atoms with Crippen molar-refractivity contribution in [2.75, 3.05) is 6.61 Å². The fourth-order valence-corrected chi connectivity index (χ4v) is 7.21. The minimum Gasteiger partial charge on any atom is -0.394 e. The van der Waals surface area contributed by atoms with Crippen LogP contribution in [0.4, 0.5) is 0 Å². The predicted octanol–water partition coefficient (Wildman–Crippen LogP) is 15.9. The fourth-order valence-electron chi connectivity index (χ4n) is 7.21. The summed E-state index contributed by atoms with van der Waals surface area (Å²) in [7, 11) is 0. The molecular formula is C53H95NO3. The quantitative estimate of drug-likeness (QED) is 0.0425. The van der Waals surface area contributed by atoms with Crippen molar-refractivity contribution in [1.82, 2.24) is 5.32 Å². The number of amides is 1. The topological polar surface area (TPSA) is 69.6 Å². The Kier molecular flexibility index (Phi) is 46.4. The lowest BCUT2D eigenvalue weighted by molar-refractivity contribution is -0.123. The summed E-state index contributed by atoms with van der Waals surface area (Å²) in [5, 5.41) is 23.0. The molecule has 2 atom stereocenters. The monoisotopic (exact) mass is 794 g/mol. The maximum Gasteiger partial charge on any atom is 0.220 e. The number of allylic oxidation sites excluding steroid dienone is 11. The summed E-state index contributed by atoms with van der Waals surface area (Å²) in [4.78, 5) is 12.4. The summed E-state index contributed by atoms with van der Waals surface area (Å²) in [6, 6.07) is -0.622. The summed E-state index contributed by atoms with van der Waals surface area (Å²) < 4.78 is 0. The highest BCUT2D eigenvalue weighted by atomic mass is 16.3. The van der Waals surface area contributed by atoms with Gasteiger partial charge in [0, 0.05) is 6.42 Å². The molecule has 0 saturated heterocycles. The molecule has 0 aromatic rings. The molecule has 1 amide bonds. The predicted molar refractivity (Wildman–Crippen MR) is 253 cm³/mol. The van der Waals surface area contributed by atoms with Crippen molar-refractivity contribution < 1.29 is 15.0 Å². The first kappa shape index (κ1) is 54.8. The van der Waals surface area contributed by atoms with Crippen LogP contribution in [0.25, 0.3) is 0 Å². The molecule has 57 heavy (non-hydrogen) atoms. The number of aliphatic hydroxyl groups is 2. The van der Waals surface area contributed by atoms with Crippen molar-refractivity contribution in [2.45, 2.75) is 251 Å². The van der Waals surface area contributed by atoms with Gasteiger partial charge in [-0.25, -0.2) is 0 Å². The third-order valence-electron chi connectivity index (χ3n) is 10.9. The van der Waals surface area contributed by atoms with Gasteiger partial charge >= 0.3 is 0 Å². The molecule has 0 spiro atoms. The molecule has 2 unspecified atom stereocenters. The number of carbonyl (C=O) groups excluding carboxylic acids is 1. The van der Waals surface area contributed by atoms with E-state index in [0.29, 0.717) is 6.42 Å². The van der Waals surface area contributed by atoms with Crippen LogP contribution in [-0.2, 0) is 4.79 Å². The van der Waals surface area contributed by atoms with E-state index in [1.807, 2.05) is 6.08 Å². The molecule has 4 nitrogen and oxygen atoms in total. The molecule has 0 heterocycles. The third kappa shape index (κ3) is 44.8. The Labute approximate surface area is 355 Å². The molecular weight excluding hydrogens is 699 g/mol. The number of carbonyl (C=O) groups is 1. The van der Waals surface area contributed by atoms with Crippen molar-refractivity contribution in [1.29, 1.82) is 0 Å². The average Bonchev–Trinajstić information content (AvgIpc) is 3.22. The van der Waals surface area contributed by atoms with Crippen molar-refractivity contribution in [2.24, 2.45) is 0 Å². The molecule has 0 aliphatic heterocycles. The third-order valence-corrected chi connectivity index (χ3v) is 10.9. The Morgan fingerprint density at radius 1 is 0.439 bits per heavy atom. The largest absolute Gasteiger partial charge is 0.394 e. The zero-order valence-corrected chi connectivity index (χ0v) is 37.8. The van der Waals surface area contributed by atoms with E-state index in [9.17, 15) is 15.0 Å². The molecule has 0 rings (SSSR count). The number of unbranched alkanes of at least 4 members (excludes halogenated alkanes) is 27. The number of hydrogen-bond donors (Lipinski definition) is 3. The minimum absolute atomic E-state index is 0.0655. The van der Waals surface area contributed by atoms with E-state index in [1.165, 1.54) is 161 Å². The summed E-state index contributed by atoms with van der Waals surface area (Å²) in [6.45, 7) is 4.19. The average molecular weight is 794 g/mol. The van der Waals surface area contributed by atoms with E-state index in [-0.39, 0.29) is 12.5 Å². The summed E-state index contributed by atoms with van der Waals surface area (Å²) in [6.07, 6.45) is 68.9. The summed E-state index contributed by atoms with van der Waals surface area (Å²) in [5.74, 6) is -0.0655. The highest BCUT2D eigenvalue weighted by Gasteiger charge is 2.17. The Hall–Kier alpha value is -2.17. The minimum atomic E-state index is -0.839. The van der Waals surface area contributed by atoms with Gasteiger partial charge in [-0.15, -0.1) is 0 Å². The van der Waals surface area contributed by atoms with Gasteiger partial charge in [0.05, 0.1) is 18.8 Å². The second-order valence-corrected chi connectivity index (χ2v) is 16.5. The van der Waals surface area contributed by atoms with E-state index >= 15 is 0 Å². The van der Waals surface area contributed by atoms with Crippen LogP contribution in [-0.4, -0.2) is 34.9 Å². The first-order valence-corrected chi connectivity index (χ1v) is 24.7. The standard InChI is InChI=1S/C53H95NO3/c1-3-5-7-9-11-13-15-17-18-19-20-21-22-23-24-25-26-27-28-29-30-31-32-33-34-35-36-37-39-41-43-45-47-49-53(57)54-51(50-55)52(56)48-46-44-42-40-38-16-14-12-10-8-6-4-2/h5,7,11,13,17-18,20-21,23-24,46,48,51-52,55-56H,3-4,6,8-10,12,14-16,19,22,25-45,47,49-50H2,1-2H3,(H,54,57)/b7-5-,13-11-,18-17-,21-20-,24-23-,48-46+. The molecule has 0 fully saturated rings. The molecule has 4 heteroatoms. The molecule has 0 bridgehead atoms. The Balaban J connectivity index is 3.48. The van der Waals surface area contributed by atoms with E-state index in [4.69, 9.17) is 0 Å². The lowest BCUT2D eigenvalue weighted by atomic mass is 10.0. The van der Waals surface area contributed by atoms with E-state index in [0.717, 1.165) is 57.8 Å². The van der Waals surface area contributed by atoms with Crippen molar-refractivity contribution in [3.63, 3.8) is 0 Å². The molecule has 0 aliphatic carbocycles. The van der Waals surface area contributed by atoms with E-state index in [2.05, 4.69) is 79.9 Å². The summed E-state index contributed by atoms with van der Waals surface area (Å²) in [5.41, 5.74) is 0. The van der Waals surface area contributed by atoms with Gasteiger partial charge in [0.1, 0.15) is 0 Å². The van der Waals surface area contributed by atoms with Gasteiger partial charge in [-0.05, 0) is 64.2 Å². The lowest BCUT2D eigenvalue weighted by Gasteiger charge is -2.20. The SMILES string of the molecule is CC/C=C\C/C=C\C/C=C\C/C=C\C/C=C\CCCCCCCCCCCCCCCCCCCC(=O)NC(CO)C(O)/C=C/CCCCCCCCCCCC. The maximum atomic E-state index is 12.4. The van der Waals surface area contributed by atoms with Gasteiger partial charge in [-0.3, -0.25) is 4.79 Å². The van der Waals surface area contributed by atoms with Crippen molar-refractivity contribution in [3.8, 4) is 0 Å². The Morgan fingerprint density at radius 3 is 1.16 bits per heavy atom. The highest BCUT2D eigenvalue weighted by molar-refractivity contribution is 5.76. The van der Waals surface area contributed by atoms with Gasteiger partial charge in [0.15, 0.2) is 0 Å². The van der Waals surface area contributed by atoms with Crippen LogP contribution in [0.5, 0.6) is 0 Å². The highest BCUT2D eigenvalue weighted by Crippen LogP contribution is 2.16. The van der Waals surface area contributed by atoms with Crippen LogP contribution < -0.4 is 5.32 Å². The Bertz CT molecular complexity index is 992. The summed E-state index contributed by atoms with van der Waals surface area (Å²) >= 11 is 0. The van der Waals surface area contributed by atoms with Crippen LogP contribution in [0.1, 0.15) is 239 Å². The van der Waals surface area contributed by atoms with E-state index < -0.39 is 12.1 Å². The van der Waals surface area contributed by atoms with Gasteiger partial charge in [0.25, 0.3) is 0 Å². The second kappa shape index (κ2) is 48.2. The molecule has 0 radical (unpaired) electrons. The van der Waals surface area contributed by atoms with Crippen LogP contribution in [0.3, 0.4) is 0 Å². The normalized spacial score (nSPS) is 13.5. The molecule has 0 aromatic carbocycles. The molecule has 0 aliphatic rings. The molecule has 0 aromatic heterocycles. The number of hydrogen-bond acceptors (Lipinski definition) is 3. The van der Waals surface area contributed by atoms with Crippen LogP contribution >= 0.6 is 0 Å². The van der Waals surface area contributed by atoms with Crippen molar-refractivity contribution in [3.05, 3.63) is 72.9 Å². The van der Waals surface area contributed by atoms with Gasteiger partial charge in [0.2, 0.25) is 5.91 Å². The van der Waals surface area contributed by atoms with Crippen molar-refractivity contribution >= 4 is 5.91 Å². The molecule has 0 saturated carbocycles. The fraction of sp³-hybridized carbons (Fsp3) is 0.755.